The molecule has 2 rings (SSSR count). The zero-order chi connectivity index (χ0) is 15.9. The van der Waals surface area contributed by atoms with Gasteiger partial charge in [0.15, 0.2) is 0 Å². The average molecular weight is 313 g/mol. The van der Waals surface area contributed by atoms with Crippen LogP contribution >= 0.6 is 11.6 Å². The summed E-state index contributed by atoms with van der Waals surface area (Å²) < 4.78 is 5.16. The molecule has 0 fully saturated rings. The fraction of sp³-hybridized carbons (Fsp3) is 0.0588. The molecular weight excluding hydrogens is 300 g/mol. The molecule has 4 nitrogen and oxygen atoms in total. The molecule has 0 heterocycles. The highest BCUT2D eigenvalue weighted by Gasteiger charge is 2.12. The number of ether oxygens (including phenoxy) is 1. The number of amides is 1. The smallest absolute Gasteiger partial charge is 0.266 e. The van der Waals surface area contributed by atoms with Gasteiger partial charge in [0.05, 0.1) is 12.8 Å². The van der Waals surface area contributed by atoms with Crippen molar-refractivity contribution in [3.8, 4) is 11.8 Å². The Morgan fingerprint density at radius 1 is 1.27 bits per heavy atom. The van der Waals surface area contributed by atoms with Gasteiger partial charge in [0, 0.05) is 5.02 Å². The predicted molar refractivity (Wildman–Crippen MR) is 86.7 cm³/mol. The third-order valence-electron chi connectivity index (χ3n) is 2.89. The number of halogens is 1. The first kappa shape index (κ1) is 15.6. The number of hydrogen-bond donors (Lipinski definition) is 1. The van der Waals surface area contributed by atoms with Crippen molar-refractivity contribution in [2.75, 3.05) is 12.4 Å². The zero-order valence-electron chi connectivity index (χ0n) is 11.8. The van der Waals surface area contributed by atoms with Gasteiger partial charge in [-0.25, -0.2) is 0 Å². The minimum Gasteiger partial charge on any atom is -0.495 e. The van der Waals surface area contributed by atoms with Crippen LogP contribution in [0.15, 0.2) is 54.1 Å². The van der Waals surface area contributed by atoms with E-state index in [1.54, 1.807) is 18.2 Å². The predicted octanol–water partition coefficient (Wildman–Crippen LogP) is 3.89. The van der Waals surface area contributed by atoms with Crippen molar-refractivity contribution >= 4 is 29.3 Å². The van der Waals surface area contributed by atoms with Gasteiger partial charge in [0.2, 0.25) is 0 Å². The Morgan fingerprint density at radius 2 is 2.00 bits per heavy atom. The first-order valence-corrected chi connectivity index (χ1v) is 6.83. The van der Waals surface area contributed by atoms with E-state index in [-0.39, 0.29) is 5.57 Å². The summed E-state index contributed by atoms with van der Waals surface area (Å²) in [4.78, 5) is 12.2. The van der Waals surface area contributed by atoms with Gasteiger partial charge in [-0.1, -0.05) is 41.9 Å². The highest BCUT2D eigenvalue weighted by atomic mass is 35.5. The summed E-state index contributed by atoms with van der Waals surface area (Å²) >= 11 is 5.91. The lowest BCUT2D eigenvalue weighted by Crippen LogP contribution is -2.14. The maximum Gasteiger partial charge on any atom is 0.266 e. The lowest BCUT2D eigenvalue weighted by atomic mass is 10.1. The number of nitriles is 1. The van der Waals surface area contributed by atoms with Crippen LogP contribution in [0.25, 0.3) is 6.08 Å². The number of rotatable bonds is 4. The molecule has 1 N–H and O–H groups in total. The normalized spacial score (nSPS) is 10.7. The molecule has 0 aliphatic rings. The van der Waals surface area contributed by atoms with Gasteiger partial charge in [0.1, 0.15) is 17.4 Å². The van der Waals surface area contributed by atoms with Gasteiger partial charge in [-0.3, -0.25) is 4.79 Å². The van der Waals surface area contributed by atoms with Crippen molar-refractivity contribution in [2.45, 2.75) is 0 Å². The van der Waals surface area contributed by atoms with Crippen LogP contribution in [-0.4, -0.2) is 13.0 Å². The van der Waals surface area contributed by atoms with E-state index in [1.165, 1.54) is 13.2 Å². The third-order valence-corrected chi connectivity index (χ3v) is 3.12. The molecule has 1 amide bonds. The second-order valence-electron chi connectivity index (χ2n) is 4.38. The number of methoxy groups -OCH3 is 1. The van der Waals surface area contributed by atoms with Crippen molar-refractivity contribution in [1.29, 1.82) is 5.26 Å². The Balaban J connectivity index is 2.26. The molecule has 2 aromatic carbocycles. The van der Waals surface area contributed by atoms with E-state index in [2.05, 4.69) is 5.32 Å². The molecule has 0 saturated carbocycles. The molecule has 0 saturated heterocycles. The third kappa shape index (κ3) is 3.87. The molecule has 2 aromatic rings. The van der Waals surface area contributed by atoms with Crippen LogP contribution in [-0.2, 0) is 4.79 Å². The molecule has 0 atom stereocenters. The first-order chi connectivity index (χ1) is 10.6. The molecule has 5 heteroatoms. The summed E-state index contributed by atoms with van der Waals surface area (Å²) in [5.74, 6) is -0.0540. The first-order valence-electron chi connectivity index (χ1n) is 6.46. The summed E-state index contributed by atoms with van der Waals surface area (Å²) in [6, 6.07) is 15.9. The largest absolute Gasteiger partial charge is 0.495 e. The van der Waals surface area contributed by atoms with E-state index in [0.717, 1.165) is 5.56 Å². The summed E-state index contributed by atoms with van der Waals surface area (Å²) in [6.07, 6.45) is 1.52. The number of carbonyl (C=O) groups excluding carboxylic acids is 1. The molecule has 0 bridgehead atoms. The Hall–Kier alpha value is -2.77. The van der Waals surface area contributed by atoms with Gasteiger partial charge >= 0.3 is 0 Å². The lowest BCUT2D eigenvalue weighted by Gasteiger charge is -2.10. The summed E-state index contributed by atoms with van der Waals surface area (Å²) in [5, 5.41) is 12.3. The monoisotopic (exact) mass is 312 g/mol. The van der Waals surface area contributed by atoms with E-state index in [0.29, 0.717) is 16.5 Å². The minimum absolute atomic E-state index is 0.00627. The molecule has 0 spiro atoms. The molecule has 0 aliphatic heterocycles. The fourth-order valence-corrected chi connectivity index (χ4v) is 2.00. The average Bonchev–Trinajstić information content (AvgIpc) is 2.53. The summed E-state index contributed by atoms with van der Waals surface area (Å²) in [5.41, 5.74) is 1.18. The van der Waals surface area contributed by atoms with Crippen molar-refractivity contribution in [2.24, 2.45) is 0 Å². The Morgan fingerprint density at radius 3 is 2.64 bits per heavy atom. The van der Waals surface area contributed by atoms with E-state index >= 15 is 0 Å². The van der Waals surface area contributed by atoms with Crippen LogP contribution in [0.4, 0.5) is 5.69 Å². The standard InChI is InChI=1S/C17H13ClN2O2/c1-22-16-8-7-14(18)10-15(16)20-17(21)13(11-19)9-12-5-3-2-4-6-12/h2-10H,1H3,(H,20,21)/b13-9+. The van der Waals surface area contributed by atoms with E-state index in [9.17, 15) is 10.1 Å². The maximum atomic E-state index is 12.2. The van der Waals surface area contributed by atoms with Crippen LogP contribution in [0.3, 0.4) is 0 Å². The van der Waals surface area contributed by atoms with Crippen molar-refractivity contribution in [3.05, 3.63) is 64.7 Å². The fourth-order valence-electron chi connectivity index (χ4n) is 1.83. The van der Waals surface area contributed by atoms with Crippen LogP contribution in [0, 0.1) is 11.3 Å². The van der Waals surface area contributed by atoms with E-state index in [4.69, 9.17) is 16.3 Å². The molecule has 0 aromatic heterocycles. The molecule has 0 aliphatic carbocycles. The van der Waals surface area contributed by atoms with Gasteiger partial charge in [-0.15, -0.1) is 0 Å². The lowest BCUT2D eigenvalue weighted by molar-refractivity contribution is -0.112. The van der Waals surface area contributed by atoms with Gasteiger partial charge in [-0.2, -0.15) is 5.26 Å². The van der Waals surface area contributed by atoms with E-state index < -0.39 is 5.91 Å². The van der Waals surface area contributed by atoms with Crippen LogP contribution < -0.4 is 10.1 Å². The number of nitrogens with one attached hydrogen (secondary N) is 1. The summed E-state index contributed by atoms with van der Waals surface area (Å²) in [7, 11) is 1.49. The molecule has 0 radical (unpaired) electrons. The van der Waals surface area contributed by atoms with E-state index in [1.807, 2.05) is 36.4 Å². The Bertz CT molecular complexity index is 749. The zero-order valence-corrected chi connectivity index (χ0v) is 12.6. The van der Waals surface area contributed by atoms with Crippen molar-refractivity contribution in [3.63, 3.8) is 0 Å². The van der Waals surface area contributed by atoms with Crippen LogP contribution in [0.5, 0.6) is 5.75 Å². The molecule has 22 heavy (non-hydrogen) atoms. The minimum atomic E-state index is -0.521. The van der Waals surface area contributed by atoms with Crippen molar-refractivity contribution < 1.29 is 9.53 Å². The van der Waals surface area contributed by atoms with Gasteiger partial charge < -0.3 is 10.1 Å². The van der Waals surface area contributed by atoms with Crippen LogP contribution in [0.2, 0.25) is 5.02 Å². The van der Waals surface area contributed by atoms with Gasteiger partial charge in [-0.05, 0) is 29.8 Å². The van der Waals surface area contributed by atoms with Crippen molar-refractivity contribution in [1.82, 2.24) is 0 Å². The summed E-state index contributed by atoms with van der Waals surface area (Å²) in [6.45, 7) is 0. The topological polar surface area (TPSA) is 62.1 Å². The number of hydrogen-bond acceptors (Lipinski definition) is 3. The number of nitrogens with zero attached hydrogens (tertiary/aromatic N) is 1. The highest BCUT2D eigenvalue weighted by molar-refractivity contribution is 6.31. The SMILES string of the molecule is COc1ccc(Cl)cc1NC(=O)/C(C#N)=C/c1ccccc1. The second-order valence-corrected chi connectivity index (χ2v) is 4.82. The molecular formula is C17H13ClN2O2. The Kier molecular flexibility index (Phi) is 5.18. The molecule has 0 unspecified atom stereocenters. The number of carbonyl (C=O) groups is 1. The maximum absolute atomic E-state index is 12.2. The second kappa shape index (κ2) is 7.30. The molecule has 110 valence electrons. The number of benzene rings is 2. The van der Waals surface area contributed by atoms with Gasteiger partial charge in [0.25, 0.3) is 5.91 Å². The Labute approximate surface area is 133 Å². The number of anilines is 1. The highest BCUT2D eigenvalue weighted by Crippen LogP contribution is 2.28. The quantitative estimate of drug-likeness (QED) is 0.688. The van der Waals surface area contributed by atoms with Crippen LogP contribution in [0.1, 0.15) is 5.56 Å².